The molecule has 0 radical (unpaired) electrons. The number of fused-ring (bicyclic) bond motifs is 1. The van der Waals surface area contributed by atoms with Crippen molar-refractivity contribution in [2.75, 3.05) is 16.6 Å². The molecule has 0 aromatic heterocycles. The van der Waals surface area contributed by atoms with Crippen molar-refractivity contribution in [2.45, 2.75) is 19.8 Å². The minimum atomic E-state index is -3.36. The molecule has 16 heavy (non-hydrogen) atoms. The average Bonchev–Trinajstić information content (AvgIpc) is 2.29. The number of hydrogen-bond acceptors (Lipinski definition) is 2. The number of halogens is 1. The molecule has 0 fully saturated rings. The number of nitrogens with zero attached hydrogens (tertiary/aromatic N) is 1. The summed E-state index contributed by atoms with van der Waals surface area (Å²) in [5.41, 5.74) is 1.03. The molecule has 0 aliphatic carbocycles. The molecule has 0 saturated carbocycles. The lowest BCUT2D eigenvalue weighted by Crippen LogP contribution is -2.37. The van der Waals surface area contributed by atoms with Gasteiger partial charge in [-0.15, -0.1) is 0 Å². The Hall–Kier alpha value is -1.10. The Kier molecular flexibility index (Phi) is 2.88. The molecule has 1 heterocycles. The average molecular weight is 243 g/mol. The zero-order valence-corrected chi connectivity index (χ0v) is 9.93. The molecule has 0 saturated heterocycles. The van der Waals surface area contributed by atoms with Crippen LogP contribution < -0.4 is 4.31 Å². The number of hydrogen-bond donors (Lipinski definition) is 0. The van der Waals surface area contributed by atoms with Gasteiger partial charge in [-0.1, -0.05) is 12.1 Å². The topological polar surface area (TPSA) is 37.4 Å². The lowest BCUT2D eigenvalue weighted by atomic mass is 10.0. The van der Waals surface area contributed by atoms with Crippen LogP contribution in [0.4, 0.5) is 10.1 Å². The molecule has 0 unspecified atom stereocenters. The number of rotatable bonds is 2. The second-order valence-corrected chi connectivity index (χ2v) is 6.01. The molecular formula is C11H14FNO2S. The predicted octanol–water partition coefficient (Wildman–Crippen LogP) is 1.93. The highest BCUT2D eigenvalue weighted by atomic mass is 32.2. The highest BCUT2D eigenvalue weighted by molar-refractivity contribution is 7.92. The molecule has 0 bridgehead atoms. The van der Waals surface area contributed by atoms with Crippen molar-refractivity contribution in [3.8, 4) is 0 Å². The Balaban J connectivity index is 2.56. The van der Waals surface area contributed by atoms with Crippen LogP contribution >= 0.6 is 0 Å². The Morgan fingerprint density at radius 1 is 1.44 bits per heavy atom. The van der Waals surface area contributed by atoms with Crippen LogP contribution in [-0.2, 0) is 16.4 Å². The van der Waals surface area contributed by atoms with E-state index >= 15 is 0 Å². The van der Waals surface area contributed by atoms with Crippen molar-refractivity contribution in [3.05, 3.63) is 29.6 Å². The van der Waals surface area contributed by atoms with Gasteiger partial charge in [0.05, 0.1) is 11.4 Å². The molecule has 0 atom stereocenters. The van der Waals surface area contributed by atoms with E-state index in [1.165, 1.54) is 10.4 Å². The fraction of sp³-hybridized carbons (Fsp3) is 0.455. The van der Waals surface area contributed by atoms with Crippen molar-refractivity contribution in [1.82, 2.24) is 0 Å². The molecule has 0 spiro atoms. The summed E-state index contributed by atoms with van der Waals surface area (Å²) in [7, 11) is -3.36. The summed E-state index contributed by atoms with van der Waals surface area (Å²) in [5, 5.41) is 0. The standard InChI is InChI=1S/C11H14FNO2S/c1-2-16(14,15)13-8-4-6-9-5-3-7-10(12)11(9)13/h3,5,7H,2,4,6,8H2,1H3. The Labute approximate surface area is 94.9 Å². The van der Waals surface area contributed by atoms with E-state index < -0.39 is 15.8 Å². The summed E-state index contributed by atoms with van der Waals surface area (Å²) in [4.78, 5) is 0. The maximum atomic E-state index is 13.7. The minimum absolute atomic E-state index is 0.000768. The van der Waals surface area contributed by atoms with Gasteiger partial charge in [0.1, 0.15) is 5.82 Å². The van der Waals surface area contributed by atoms with E-state index in [0.29, 0.717) is 6.54 Å². The van der Waals surface area contributed by atoms with E-state index in [-0.39, 0.29) is 11.4 Å². The fourth-order valence-corrected chi connectivity index (χ4v) is 3.20. The highest BCUT2D eigenvalue weighted by Crippen LogP contribution is 2.31. The largest absolute Gasteiger partial charge is 0.267 e. The first kappa shape index (κ1) is 11.4. The predicted molar refractivity (Wildman–Crippen MR) is 61.5 cm³/mol. The summed E-state index contributed by atoms with van der Waals surface area (Å²) in [5.74, 6) is -0.449. The molecule has 0 amide bonds. The number of benzene rings is 1. The second kappa shape index (κ2) is 4.05. The Bertz CT molecular complexity index is 499. The van der Waals surface area contributed by atoms with Gasteiger partial charge in [-0.3, -0.25) is 4.31 Å². The molecule has 1 aliphatic rings. The molecule has 1 aromatic carbocycles. The molecule has 1 aromatic rings. The van der Waals surface area contributed by atoms with Gasteiger partial charge in [0.2, 0.25) is 10.0 Å². The first-order chi connectivity index (χ1) is 7.56. The molecule has 0 N–H and O–H groups in total. The van der Waals surface area contributed by atoms with E-state index in [4.69, 9.17) is 0 Å². The zero-order valence-electron chi connectivity index (χ0n) is 9.11. The number of aryl methyl sites for hydroxylation is 1. The van der Waals surface area contributed by atoms with E-state index in [9.17, 15) is 12.8 Å². The van der Waals surface area contributed by atoms with Crippen LogP contribution in [0.15, 0.2) is 18.2 Å². The molecule has 1 aliphatic heterocycles. The van der Waals surface area contributed by atoms with Gasteiger partial charge in [0.15, 0.2) is 0 Å². The first-order valence-electron chi connectivity index (χ1n) is 5.34. The zero-order chi connectivity index (χ0) is 11.8. The van der Waals surface area contributed by atoms with Gasteiger partial charge < -0.3 is 0 Å². The summed E-state index contributed by atoms with van der Waals surface area (Å²) in [6.07, 6.45) is 1.48. The summed E-state index contributed by atoms with van der Waals surface area (Å²) in [6, 6.07) is 4.72. The van der Waals surface area contributed by atoms with Gasteiger partial charge in [-0.05, 0) is 31.4 Å². The van der Waals surface area contributed by atoms with Crippen molar-refractivity contribution in [1.29, 1.82) is 0 Å². The van der Waals surface area contributed by atoms with Gasteiger partial charge in [-0.25, -0.2) is 12.8 Å². The lowest BCUT2D eigenvalue weighted by Gasteiger charge is -2.30. The van der Waals surface area contributed by atoms with Gasteiger partial charge >= 0.3 is 0 Å². The normalized spacial score (nSPS) is 16.0. The molecule has 3 nitrogen and oxygen atoms in total. The molecular weight excluding hydrogens is 229 g/mol. The third-order valence-corrected chi connectivity index (χ3v) is 4.59. The van der Waals surface area contributed by atoms with Crippen molar-refractivity contribution in [3.63, 3.8) is 0 Å². The molecule has 5 heteroatoms. The Morgan fingerprint density at radius 3 is 2.88 bits per heavy atom. The van der Waals surface area contributed by atoms with Gasteiger partial charge in [0, 0.05) is 6.54 Å². The summed E-state index contributed by atoms with van der Waals surface area (Å²) < 4.78 is 38.5. The van der Waals surface area contributed by atoms with Gasteiger partial charge in [-0.2, -0.15) is 0 Å². The van der Waals surface area contributed by atoms with Crippen LogP contribution in [-0.4, -0.2) is 20.7 Å². The molecule has 88 valence electrons. The summed E-state index contributed by atoms with van der Waals surface area (Å²) in [6.45, 7) is 1.95. The number of para-hydroxylation sites is 1. The van der Waals surface area contributed by atoms with Crippen LogP contribution in [0.2, 0.25) is 0 Å². The quantitative estimate of drug-likeness (QED) is 0.796. The van der Waals surface area contributed by atoms with E-state index in [1.54, 1.807) is 19.1 Å². The van der Waals surface area contributed by atoms with Crippen LogP contribution in [0.25, 0.3) is 0 Å². The third-order valence-electron chi connectivity index (χ3n) is 2.83. The van der Waals surface area contributed by atoms with Crippen molar-refractivity contribution < 1.29 is 12.8 Å². The minimum Gasteiger partial charge on any atom is -0.267 e. The smallest absolute Gasteiger partial charge is 0.234 e. The maximum Gasteiger partial charge on any atom is 0.234 e. The molecule has 2 rings (SSSR count). The van der Waals surface area contributed by atoms with Gasteiger partial charge in [0.25, 0.3) is 0 Å². The van der Waals surface area contributed by atoms with Crippen LogP contribution in [0, 0.1) is 5.82 Å². The maximum absolute atomic E-state index is 13.7. The Morgan fingerprint density at radius 2 is 2.19 bits per heavy atom. The van der Waals surface area contributed by atoms with Crippen LogP contribution in [0.5, 0.6) is 0 Å². The first-order valence-corrected chi connectivity index (χ1v) is 6.95. The van der Waals surface area contributed by atoms with Crippen LogP contribution in [0.1, 0.15) is 18.9 Å². The summed E-state index contributed by atoms with van der Waals surface area (Å²) >= 11 is 0. The van der Waals surface area contributed by atoms with E-state index in [2.05, 4.69) is 0 Å². The number of sulfonamides is 1. The van der Waals surface area contributed by atoms with Crippen molar-refractivity contribution >= 4 is 15.7 Å². The monoisotopic (exact) mass is 243 g/mol. The van der Waals surface area contributed by atoms with E-state index in [1.807, 2.05) is 0 Å². The SMILES string of the molecule is CCS(=O)(=O)N1CCCc2cccc(F)c21. The third kappa shape index (κ3) is 1.80. The lowest BCUT2D eigenvalue weighted by molar-refractivity contribution is 0.578. The van der Waals surface area contributed by atoms with E-state index in [0.717, 1.165) is 18.4 Å². The number of anilines is 1. The second-order valence-electron chi connectivity index (χ2n) is 3.82. The highest BCUT2D eigenvalue weighted by Gasteiger charge is 2.28. The fourth-order valence-electron chi connectivity index (χ4n) is 2.00. The van der Waals surface area contributed by atoms with Crippen molar-refractivity contribution in [2.24, 2.45) is 0 Å². The van der Waals surface area contributed by atoms with Crippen LogP contribution in [0.3, 0.4) is 0 Å².